The van der Waals surface area contributed by atoms with Gasteiger partial charge in [0.2, 0.25) is 0 Å². The molecule has 1 aromatic heterocycles. The summed E-state index contributed by atoms with van der Waals surface area (Å²) in [6, 6.07) is -2.22. The molecular formula is C6H10N6O4. The van der Waals surface area contributed by atoms with Crippen LogP contribution in [0.1, 0.15) is 0 Å². The first kappa shape index (κ1) is 11.8. The number of amides is 2. The predicted molar refractivity (Wildman–Crippen MR) is 49.5 cm³/mol. The molecule has 1 rings (SSSR count). The number of tetrazole rings is 1. The summed E-state index contributed by atoms with van der Waals surface area (Å²) in [5, 5.41) is 31.9. The average Bonchev–Trinajstić information content (AvgIpc) is 2.60. The number of carboxylic acids is 1. The second kappa shape index (κ2) is 5.02. The van der Waals surface area contributed by atoms with Gasteiger partial charge in [0.25, 0.3) is 5.95 Å². The van der Waals surface area contributed by atoms with Crippen molar-refractivity contribution < 1.29 is 19.8 Å². The summed E-state index contributed by atoms with van der Waals surface area (Å²) in [6.07, 6.45) is 0. The van der Waals surface area contributed by atoms with Crippen LogP contribution in [-0.2, 0) is 11.8 Å². The predicted octanol–water partition coefficient (Wildman–Crippen LogP) is -2.22. The number of aromatic nitrogens is 4. The lowest BCUT2D eigenvalue weighted by atomic mass is 10.3. The molecule has 4 N–H and O–H groups in total. The first-order valence-corrected chi connectivity index (χ1v) is 4.18. The number of rotatable bonds is 4. The van der Waals surface area contributed by atoms with Gasteiger partial charge in [0.05, 0.1) is 13.7 Å². The Morgan fingerprint density at radius 1 is 1.56 bits per heavy atom. The molecule has 0 aliphatic rings. The molecule has 0 fully saturated rings. The van der Waals surface area contributed by atoms with Gasteiger partial charge < -0.3 is 15.5 Å². The van der Waals surface area contributed by atoms with Crippen molar-refractivity contribution in [2.24, 2.45) is 7.05 Å². The molecule has 0 unspecified atom stereocenters. The molecule has 10 nitrogen and oxygen atoms in total. The molecule has 1 heterocycles. The maximum atomic E-state index is 11.2. The topological polar surface area (TPSA) is 142 Å². The Morgan fingerprint density at radius 2 is 2.25 bits per heavy atom. The summed E-state index contributed by atoms with van der Waals surface area (Å²) in [5.41, 5.74) is 0. The zero-order chi connectivity index (χ0) is 12.1. The third kappa shape index (κ3) is 3.16. The molecule has 0 saturated carbocycles. The highest BCUT2D eigenvalue weighted by Crippen LogP contribution is 1.92. The molecule has 0 radical (unpaired) electrons. The third-order valence-corrected chi connectivity index (χ3v) is 1.52. The fourth-order valence-corrected chi connectivity index (χ4v) is 0.816. The van der Waals surface area contributed by atoms with Crippen molar-refractivity contribution in [3.8, 4) is 0 Å². The van der Waals surface area contributed by atoms with E-state index in [0.29, 0.717) is 0 Å². The van der Waals surface area contributed by atoms with Crippen LogP contribution in [0.3, 0.4) is 0 Å². The molecule has 16 heavy (non-hydrogen) atoms. The number of aryl methyl sites for hydroxylation is 1. The zero-order valence-corrected chi connectivity index (χ0v) is 8.28. The Hall–Kier alpha value is -2.23. The lowest BCUT2D eigenvalue weighted by Crippen LogP contribution is -2.45. The highest BCUT2D eigenvalue weighted by molar-refractivity contribution is 5.90. The highest BCUT2D eigenvalue weighted by atomic mass is 16.4. The Labute approximate surface area is 89.3 Å². The summed E-state index contributed by atoms with van der Waals surface area (Å²) in [4.78, 5) is 22.8. The molecule has 0 spiro atoms. The van der Waals surface area contributed by atoms with E-state index in [0.717, 1.165) is 4.80 Å². The van der Waals surface area contributed by atoms with E-state index in [1.54, 1.807) is 0 Å². The SMILES string of the molecule is Cn1nnc(NC(=O)N[C@H](CO)C(=O)O)n1. The largest absolute Gasteiger partial charge is 0.480 e. The van der Waals surface area contributed by atoms with Gasteiger partial charge in [-0.2, -0.15) is 4.80 Å². The molecule has 10 heteroatoms. The molecule has 0 aliphatic heterocycles. The maximum Gasteiger partial charge on any atom is 0.328 e. The van der Waals surface area contributed by atoms with E-state index < -0.39 is 24.6 Å². The van der Waals surface area contributed by atoms with Crippen LogP contribution in [0.25, 0.3) is 0 Å². The van der Waals surface area contributed by atoms with Crippen molar-refractivity contribution in [2.75, 3.05) is 11.9 Å². The van der Waals surface area contributed by atoms with E-state index in [-0.39, 0.29) is 5.95 Å². The van der Waals surface area contributed by atoms with Crippen LogP contribution in [0.4, 0.5) is 10.7 Å². The molecule has 0 aliphatic carbocycles. The van der Waals surface area contributed by atoms with E-state index in [4.69, 9.17) is 10.2 Å². The van der Waals surface area contributed by atoms with Crippen LogP contribution in [0.15, 0.2) is 0 Å². The van der Waals surface area contributed by atoms with E-state index in [2.05, 4.69) is 20.7 Å². The standard InChI is InChI=1S/C6H10N6O4/c1-12-10-5(9-11-12)8-6(16)7-3(2-13)4(14)15/h3,13H,2H2,1H3,(H,14,15)(H2,7,8,10,16)/t3-/m1/s1. The van der Waals surface area contributed by atoms with E-state index in [1.807, 2.05) is 5.32 Å². The van der Waals surface area contributed by atoms with Gasteiger partial charge in [-0.15, -0.1) is 5.10 Å². The van der Waals surface area contributed by atoms with Gasteiger partial charge in [-0.05, 0) is 5.21 Å². The van der Waals surface area contributed by atoms with Crippen molar-refractivity contribution in [1.82, 2.24) is 25.5 Å². The number of carbonyl (C=O) groups is 2. The fraction of sp³-hybridized carbons (Fsp3) is 0.500. The second-order valence-corrected chi connectivity index (χ2v) is 2.77. The van der Waals surface area contributed by atoms with E-state index >= 15 is 0 Å². The number of carbonyl (C=O) groups excluding carboxylic acids is 1. The average molecular weight is 230 g/mol. The van der Waals surface area contributed by atoms with Crippen molar-refractivity contribution in [3.05, 3.63) is 0 Å². The molecule has 88 valence electrons. The molecule has 1 atom stereocenters. The van der Waals surface area contributed by atoms with Crippen LogP contribution < -0.4 is 10.6 Å². The zero-order valence-electron chi connectivity index (χ0n) is 8.28. The Bertz CT molecular complexity index is 390. The summed E-state index contributed by atoms with van der Waals surface area (Å²) < 4.78 is 0. The number of aliphatic hydroxyl groups excluding tert-OH is 1. The monoisotopic (exact) mass is 230 g/mol. The van der Waals surface area contributed by atoms with Crippen molar-refractivity contribution in [2.45, 2.75) is 6.04 Å². The number of anilines is 1. The van der Waals surface area contributed by atoms with Crippen molar-refractivity contribution >= 4 is 17.9 Å². The van der Waals surface area contributed by atoms with E-state index in [9.17, 15) is 9.59 Å². The third-order valence-electron chi connectivity index (χ3n) is 1.52. The number of hydrogen-bond acceptors (Lipinski definition) is 6. The van der Waals surface area contributed by atoms with Crippen LogP contribution in [0, 0.1) is 0 Å². The smallest absolute Gasteiger partial charge is 0.328 e. The quantitative estimate of drug-likeness (QED) is 0.458. The highest BCUT2D eigenvalue weighted by Gasteiger charge is 2.19. The van der Waals surface area contributed by atoms with Crippen LogP contribution in [-0.4, -0.2) is 55.1 Å². The Balaban J connectivity index is 2.50. The van der Waals surface area contributed by atoms with Gasteiger partial charge in [-0.3, -0.25) is 5.32 Å². The number of aliphatic hydroxyl groups is 1. The van der Waals surface area contributed by atoms with Gasteiger partial charge in [0.15, 0.2) is 6.04 Å². The number of carboxylic acid groups (broad SMARTS) is 1. The van der Waals surface area contributed by atoms with Gasteiger partial charge in [-0.25, -0.2) is 9.59 Å². The summed E-state index contributed by atoms with van der Waals surface area (Å²) in [5.74, 6) is -1.41. The first-order chi connectivity index (χ1) is 7.52. The molecule has 2 amide bonds. The van der Waals surface area contributed by atoms with Crippen LogP contribution in [0.2, 0.25) is 0 Å². The number of nitrogens with zero attached hydrogens (tertiary/aromatic N) is 4. The normalized spacial score (nSPS) is 11.9. The summed E-state index contributed by atoms with van der Waals surface area (Å²) in [7, 11) is 1.50. The minimum Gasteiger partial charge on any atom is -0.480 e. The minimum absolute atomic E-state index is 0.0675. The molecular weight excluding hydrogens is 220 g/mol. The maximum absolute atomic E-state index is 11.2. The van der Waals surface area contributed by atoms with Gasteiger partial charge in [-0.1, -0.05) is 5.10 Å². The first-order valence-electron chi connectivity index (χ1n) is 4.18. The minimum atomic E-state index is -1.38. The van der Waals surface area contributed by atoms with E-state index in [1.165, 1.54) is 7.05 Å². The lowest BCUT2D eigenvalue weighted by Gasteiger charge is -2.10. The number of aliphatic carboxylic acids is 1. The van der Waals surface area contributed by atoms with Crippen molar-refractivity contribution in [3.63, 3.8) is 0 Å². The Morgan fingerprint density at radius 3 is 2.69 bits per heavy atom. The van der Waals surface area contributed by atoms with Gasteiger partial charge in [0, 0.05) is 0 Å². The van der Waals surface area contributed by atoms with Gasteiger partial charge in [0.1, 0.15) is 0 Å². The van der Waals surface area contributed by atoms with Gasteiger partial charge >= 0.3 is 12.0 Å². The molecule has 1 aromatic rings. The molecule has 0 saturated heterocycles. The fourth-order valence-electron chi connectivity index (χ4n) is 0.816. The van der Waals surface area contributed by atoms with Crippen LogP contribution in [0.5, 0.6) is 0 Å². The second-order valence-electron chi connectivity index (χ2n) is 2.77. The Kier molecular flexibility index (Phi) is 3.72. The number of nitrogens with one attached hydrogen (secondary N) is 2. The lowest BCUT2D eigenvalue weighted by molar-refractivity contribution is -0.140. The molecule has 0 aromatic carbocycles. The van der Waals surface area contributed by atoms with Crippen LogP contribution >= 0.6 is 0 Å². The molecule has 0 bridgehead atoms. The number of hydrogen-bond donors (Lipinski definition) is 4. The van der Waals surface area contributed by atoms with Crippen molar-refractivity contribution in [1.29, 1.82) is 0 Å². The number of urea groups is 1. The summed E-state index contributed by atoms with van der Waals surface area (Å²) >= 11 is 0. The summed E-state index contributed by atoms with van der Waals surface area (Å²) in [6.45, 7) is -0.712.